The first-order valence-electron chi connectivity index (χ1n) is 18.0. The highest BCUT2D eigenvalue weighted by molar-refractivity contribution is 6.23. The van der Waals surface area contributed by atoms with E-state index in [0.717, 1.165) is 82.5 Å². The van der Waals surface area contributed by atoms with Gasteiger partial charge in [0.25, 0.3) is 0 Å². The van der Waals surface area contributed by atoms with Crippen LogP contribution in [0.1, 0.15) is 0 Å². The molecule has 0 atom stereocenters. The molecule has 0 bridgehead atoms. The molecule has 5 nitrogen and oxygen atoms in total. The molecule has 0 unspecified atom stereocenters. The van der Waals surface area contributed by atoms with Crippen LogP contribution < -0.4 is 0 Å². The monoisotopic (exact) mass is 691 g/mol. The Kier molecular flexibility index (Phi) is 6.79. The lowest BCUT2D eigenvalue weighted by atomic mass is 9.91. The summed E-state index contributed by atoms with van der Waals surface area (Å²) in [5, 5.41) is 6.58. The number of para-hydroxylation sites is 2. The smallest absolute Gasteiger partial charge is 0.164 e. The predicted molar refractivity (Wildman–Crippen MR) is 219 cm³/mol. The normalized spacial score (nSPS) is 11.7. The van der Waals surface area contributed by atoms with E-state index < -0.39 is 0 Å². The summed E-state index contributed by atoms with van der Waals surface area (Å²) in [6, 6.07) is 60.5. The molecular formula is C49H29N3O2. The van der Waals surface area contributed by atoms with E-state index in [1.807, 2.05) is 66.7 Å². The molecule has 0 spiro atoms. The van der Waals surface area contributed by atoms with E-state index in [4.69, 9.17) is 23.8 Å². The molecule has 54 heavy (non-hydrogen) atoms. The van der Waals surface area contributed by atoms with Crippen LogP contribution in [0.4, 0.5) is 0 Å². The summed E-state index contributed by atoms with van der Waals surface area (Å²) in [7, 11) is 0. The third kappa shape index (κ3) is 4.90. The summed E-state index contributed by atoms with van der Waals surface area (Å²) in [5.41, 5.74) is 10.6. The molecule has 8 aromatic carbocycles. The zero-order valence-corrected chi connectivity index (χ0v) is 28.9. The molecule has 0 saturated heterocycles. The van der Waals surface area contributed by atoms with Gasteiger partial charge >= 0.3 is 0 Å². The number of benzene rings is 8. The number of aromatic nitrogens is 3. The van der Waals surface area contributed by atoms with Crippen LogP contribution in [0.3, 0.4) is 0 Å². The largest absolute Gasteiger partial charge is 0.456 e. The topological polar surface area (TPSA) is 65.0 Å². The molecule has 0 fully saturated rings. The fourth-order valence-electron chi connectivity index (χ4n) is 7.75. The van der Waals surface area contributed by atoms with Gasteiger partial charge < -0.3 is 8.83 Å². The molecule has 0 aliphatic carbocycles. The van der Waals surface area contributed by atoms with Gasteiger partial charge in [0.05, 0.1) is 0 Å². The number of fused-ring (bicyclic) bond motifs is 8. The fourth-order valence-corrected chi connectivity index (χ4v) is 7.75. The Balaban J connectivity index is 1.07. The van der Waals surface area contributed by atoms with Gasteiger partial charge in [-0.15, -0.1) is 0 Å². The van der Waals surface area contributed by atoms with Crippen molar-refractivity contribution in [3.63, 3.8) is 0 Å². The lowest BCUT2D eigenvalue weighted by Gasteiger charge is -2.12. The third-order valence-electron chi connectivity index (χ3n) is 10.3. The molecule has 0 amide bonds. The highest BCUT2D eigenvalue weighted by Gasteiger charge is 2.19. The molecule has 0 aliphatic rings. The van der Waals surface area contributed by atoms with Crippen LogP contribution in [0.25, 0.3) is 111 Å². The van der Waals surface area contributed by atoms with Crippen molar-refractivity contribution in [1.82, 2.24) is 15.0 Å². The predicted octanol–water partition coefficient (Wildman–Crippen LogP) is 13.2. The van der Waals surface area contributed by atoms with Gasteiger partial charge in [-0.1, -0.05) is 146 Å². The summed E-state index contributed by atoms with van der Waals surface area (Å²) >= 11 is 0. The van der Waals surface area contributed by atoms with Gasteiger partial charge in [0.1, 0.15) is 22.3 Å². The van der Waals surface area contributed by atoms with Gasteiger partial charge in [0.2, 0.25) is 0 Å². The van der Waals surface area contributed by atoms with Gasteiger partial charge in [0, 0.05) is 43.6 Å². The minimum Gasteiger partial charge on any atom is -0.456 e. The molecular weight excluding hydrogens is 663 g/mol. The third-order valence-corrected chi connectivity index (χ3v) is 10.3. The van der Waals surface area contributed by atoms with Crippen LogP contribution in [0.2, 0.25) is 0 Å². The van der Waals surface area contributed by atoms with E-state index in [1.165, 1.54) is 11.1 Å². The van der Waals surface area contributed by atoms with Crippen molar-refractivity contribution in [1.29, 1.82) is 0 Å². The van der Waals surface area contributed by atoms with Crippen LogP contribution in [0.15, 0.2) is 185 Å². The zero-order chi connectivity index (χ0) is 35.6. The van der Waals surface area contributed by atoms with Gasteiger partial charge in [-0.25, -0.2) is 15.0 Å². The molecule has 3 aromatic heterocycles. The van der Waals surface area contributed by atoms with Crippen LogP contribution in [0.5, 0.6) is 0 Å². The zero-order valence-electron chi connectivity index (χ0n) is 28.9. The first-order chi connectivity index (χ1) is 26.7. The van der Waals surface area contributed by atoms with Gasteiger partial charge in [-0.05, 0) is 58.0 Å². The average molecular weight is 692 g/mol. The average Bonchev–Trinajstić information content (AvgIpc) is 3.83. The Morgan fingerprint density at radius 2 is 0.815 bits per heavy atom. The Bertz CT molecular complexity index is 3200. The quantitative estimate of drug-likeness (QED) is 0.180. The number of nitrogens with zero attached hydrogens (tertiary/aromatic N) is 3. The van der Waals surface area contributed by atoms with E-state index in [1.54, 1.807) is 0 Å². The minimum absolute atomic E-state index is 0.583. The summed E-state index contributed by atoms with van der Waals surface area (Å²) in [6.45, 7) is 0. The van der Waals surface area contributed by atoms with Gasteiger partial charge in [-0.3, -0.25) is 0 Å². The molecule has 0 aliphatic heterocycles. The maximum absolute atomic E-state index is 6.63. The maximum Gasteiger partial charge on any atom is 0.164 e. The van der Waals surface area contributed by atoms with Crippen molar-refractivity contribution in [2.45, 2.75) is 0 Å². The molecule has 11 aromatic rings. The standard InChI is InChI=1S/C49H29N3O2/c1-3-12-30(13-4-1)35-18-11-19-38-41(35)29-40(45-39-17-8-10-21-43(39)54-46(38)45)31-22-24-33(25-23-31)48-50-47(32-14-5-2-6-15-32)51-49(52-48)34-26-27-37-36-16-7-9-20-42(36)53-44(37)28-34/h1-29H. The SMILES string of the molecule is c1ccc(-c2nc(-c3ccc(-c4cc5c(-c6ccccc6)cccc5c5oc6ccccc6c45)cc3)nc(-c3ccc4c(c3)oc3ccccc34)n2)cc1. The second-order valence-corrected chi connectivity index (χ2v) is 13.6. The van der Waals surface area contributed by atoms with Crippen molar-refractivity contribution in [3.05, 3.63) is 176 Å². The van der Waals surface area contributed by atoms with Gasteiger partial charge in [0.15, 0.2) is 17.5 Å². The first kappa shape index (κ1) is 30.3. The number of hydrogen-bond donors (Lipinski definition) is 0. The van der Waals surface area contributed by atoms with Crippen molar-refractivity contribution >= 4 is 54.6 Å². The van der Waals surface area contributed by atoms with Crippen molar-refractivity contribution < 1.29 is 8.83 Å². The summed E-state index contributed by atoms with van der Waals surface area (Å²) in [6.07, 6.45) is 0. The van der Waals surface area contributed by atoms with Crippen LogP contribution in [-0.4, -0.2) is 15.0 Å². The molecule has 0 saturated carbocycles. The maximum atomic E-state index is 6.63. The molecule has 3 heterocycles. The van der Waals surface area contributed by atoms with Crippen molar-refractivity contribution in [3.8, 4) is 56.4 Å². The lowest BCUT2D eigenvalue weighted by molar-refractivity contribution is 0.669. The van der Waals surface area contributed by atoms with Crippen molar-refractivity contribution in [2.24, 2.45) is 0 Å². The minimum atomic E-state index is 0.583. The molecule has 5 heteroatoms. The van der Waals surface area contributed by atoms with Crippen LogP contribution in [0, 0.1) is 0 Å². The van der Waals surface area contributed by atoms with E-state index in [2.05, 4.69) is 109 Å². The van der Waals surface area contributed by atoms with E-state index in [9.17, 15) is 0 Å². The second-order valence-electron chi connectivity index (χ2n) is 13.6. The highest BCUT2D eigenvalue weighted by atomic mass is 16.3. The molecule has 11 rings (SSSR count). The molecule has 0 radical (unpaired) electrons. The Hall–Kier alpha value is -7.37. The number of hydrogen-bond acceptors (Lipinski definition) is 5. The van der Waals surface area contributed by atoms with E-state index in [0.29, 0.717) is 17.5 Å². The Morgan fingerprint density at radius 1 is 0.296 bits per heavy atom. The summed E-state index contributed by atoms with van der Waals surface area (Å²) < 4.78 is 12.9. The molecule has 0 N–H and O–H groups in total. The van der Waals surface area contributed by atoms with E-state index in [-0.39, 0.29) is 0 Å². The highest BCUT2D eigenvalue weighted by Crippen LogP contribution is 2.44. The van der Waals surface area contributed by atoms with Gasteiger partial charge in [-0.2, -0.15) is 0 Å². The number of rotatable bonds is 5. The second kappa shape index (κ2) is 12.1. The fraction of sp³-hybridized carbons (Fsp3) is 0. The lowest BCUT2D eigenvalue weighted by Crippen LogP contribution is -2.00. The first-order valence-corrected chi connectivity index (χ1v) is 18.0. The summed E-state index contributed by atoms with van der Waals surface area (Å²) in [5.74, 6) is 1.79. The Morgan fingerprint density at radius 3 is 1.56 bits per heavy atom. The van der Waals surface area contributed by atoms with E-state index >= 15 is 0 Å². The van der Waals surface area contributed by atoms with Crippen molar-refractivity contribution in [2.75, 3.05) is 0 Å². The van der Waals surface area contributed by atoms with Crippen LogP contribution in [-0.2, 0) is 0 Å². The molecule has 252 valence electrons. The summed E-state index contributed by atoms with van der Waals surface area (Å²) in [4.78, 5) is 15.0. The Labute approximate surface area is 309 Å². The van der Waals surface area contributed by atoms with Crippen LogP contribution >= 0.6 is 0 Å². The number of furan rings is 2.